The van der Waals surface area contributed by atoms with E-state index in [-0.39, 0.29) is 0 Å². The van der Waals surface area contributed by atoms with E-state index in [1.54, 1.807) is 0 Å². The minimum Gasteiger partial charge on any atom is -0.378 e. The molecule has 1 saturated heterocycles. The summed E-state index contributed by atoms with van der Waals surface area (Å²) in [5.41, 5.74) is 0. The van der Waals surface area contributed by atoms with E-state index in [4.69, 9.17) is 4.74 Å². The minimum atomic E-state index is 0.309. The van der Waals surface area contributed by atoms with Crippen molar-refractivity contribution >= 4 is 12.6 Å². The molecule has 1 unspecified atom stereocenters. The van der Waals surface area contributed by atoms with Crippen molar-refractivity contribution < 1.29 is 4.74 Å². The van der Waals surface area contributed by atoms with Crippen molar-refractivity contribution in [3.05, 3.63) is 0 Å². The number of rotatable bonds is 0. The Hall–Kier alpha value is 0.270. The molecule has 0 bridgehead atoms. The van der Waals surface area contributed by atoms with Crippen LogP contribution in [0.25, 0.3) is 0 Å². The van der Waals surface area contributed by atoms with Gasteiger partial charge in [-0.25, -0.2) is 0 Å². The molecule has 0 aliphatic carbocycles. The average Bonchev–Trinajstić information content (AvgIpc) is 1.77. The molecule has 1 atom stereocenters. The van der Waals surface area contributed by atoms with Crippen LogP contribution in [0, 0.1) is 0 Å². The highest BCUT2D eigenvalue weighted by Gasteiger charge is 2.13. The first-order valence-corrected chi connectivity index (χ1v) is 3.28. The summed E-state index contributed by atoms with van der Waals surface area (Å²) < 4.78 is 5.13. The van der Waals surface area contributed by atoms with Gasteiger partial charge < -0.3 is 4.74 Å². The van der Waals surface area contributed by atoms with Gasteiger partial charge in [0.1, 0.15) is 0 Å². The number of likely N-dealkylation sites (N-methyl/N-ethyl adjacent to an activating group) is 1. The molecule has 0 amide bonds. The lowest BCUT2D eigenvalue weighted by Crippen LogP contribution is -2.39. The smallest absolute Gasteiger partial charge is 0.0763 e. The number of morpholine rings is 1. The van der Waals surface area contributed by atoms with Crippen molar-refractivity contribution in [3.8, 4) is 0 Å². The summed E-state index contributed by atoms with van der Waals surface area (Å²) in [6.45, 7) is 2.63. The molecule has 1 aliphatic heterocycles. The number of hydrogen-bond acceptors (Lipinski definition) is 3. The van der Waals surface area contributed by atoms with Crippen LogP contribution in [0.1, 0.15) is 0 Å². The number of nitrogens with zero attached hydrogens (tertiary/aromatic N) is 1. The highest BCUT2D eigenvalue weighted by Crippen LogP contribution is 2.05. The van der Waals surface area contributed by atoms with E-state index in [1.807, 2.05) is 0 Å². The summed E-state index contributed by atoms with van der Waals surface area (Å²) in [6, 6.07) is 0. The Kier molecular flexibility index (Phi) is 2.16. The zero-order valence-electron chi connectivity index (χ0n) is 5.00. The average molecular weight is 133 g/mol. The lowest BCUT2D eigenvalue weighted by molar-refractivity contribution is 0.0384. The SMILES string of the molecule is CN1CCOCC1S. The van der Waals surface area contributed by atoms with Gasteiger partial charge in [-0.1, -0.05) is 0 Å². The molecule has 1 heterocycles. The van der Waals surface area contributed by atoms with Gasteiger partial charge in [-0.2, -0.15) is 12.6 Å². The van der Waals surface area contributed by atoms with Crippen molar-refractivity contribution in [1.29, 1.82) is 0 Å². The molecule has 0 radical (unpaired) electrons. The standard InChI is InChI=1S/C5H11NOS/c1-6-2-3-7-4-5(6)8/h5,8H,2-4H2,1H3. The maximum absolute atomic E-state index is 5.13. The predicted molar refractivity (Wildman–Crippen MR) is 36.2 cm³/mol. The molecular formula is C5H11NOS. The number of ether oxygens (including phenoxy) is 1. The third-order valence-corrected chi connectivity index (χ3v) is 1.91. The Morgan fingerprint density at radius 1 is 1.75 bits per heavy atom. The van der Waals surface area contributed by atoms with E-state index in [0.29, 0.717) is 5.37 Å². The third kappa shape index (κ3) is 1.37. The quantitative estimate of drug-likeness (QED) is 0.474. The molecular weight excluding hydrogens is 122 g/mol. The Morgan fingerprint density at radius 2 is 2.50 bits per heavy atom. The Balaban J connectivity index is 2.28. The lowest BCUT2D eigenvalue weighted by atomic mass is 10.5. The van der Waals surface area contributed by atoms with Crippen LogP contribution in [0.2, 0.25) is 0 Å². The normalized spacial score (nSPS) is 33.0. The molecule has 1 rings (SSSR count). The molecule has 0 aromatic carbocycles. The van der Waals surface area contributed by atoms with Crippen molar-refractivity contribution in [1.82, 2.24) is 4.90 Å². The van der Waals surface area contributed by atoms with E-state index in [0.717, 1.165) is 19.8 Å². The van der Waals surface area contributed by atoms with Crippen molar-refractivity contribution in [3.63, 3.8) is 0 Å². The summed E-state index contributed by atoms with van der Waals surface area (Å²) in [6.07, 6.45) is 0. The largest absolute Gasteiger partial charge is 0.378 e. The van der Waals surface area contributed by atoms with E-state index in [1.165, 1.54) is 0 Å². The van der Waals surface area contributed by atoms with Crippen LogP contribution < -0.4 is 0 Å². The van der Waals surface area contributed by atoms with Crippen LogP contribution >= 0.6 is 12.6 Å². The van der Waals surface area contributed by atoms with Crippen molar-refractivity contribution in [2.24, 2.45) is 0 Å². The molecule has 0 N–H and O–H groups in total. The van der Waals surface area contributed by atoms with Gasteiger partial charge in [0, 0.05) is 6.54 Å². The molecule has 0 aromatic heterocycles. The summed E-state index contributed by atoms with van der Waals surface area (Å²) >= 11 is 4.26. The van der Waals surface area contributed by atoms with Gasteiger partial charge in [0.25, 0.3) is 0 Å². The van der Waals surface area contributed by atoms with Gasteiger partial charge in [-0.15, -0.1) is 0 Å². The first-order chi connectivity index (χ1) is 3.80. The van der Waals surface area contributed by atoms with Gasteiger partial charge in [0.05, 0.1) is 18.6 Å². The first kappa shape index (κ1) is 6.39. The fourth-order valence-corrected chi connectivity index (χ4v) is 0.894. The van der Waals surface area contributed by atoms with Crippen LogP contribution in [0.15, 0.2) is 0 Å². The summed E-state index contributed by atoms with van der Waals surface area (Å²) in [5.74, 6) is 0. The zero-order valence-corrected chi connectivity index (χ0v) is 5.90. The number of thiol groups is 1. The second kappa shape index (κ2) is 2.71. The topological polar surface area (TPSA) is 12.5 Å². The Morgan fingerprint density at radius 3 is 2.88 bits per heavy atom. The van der Waals surface area contributed by atoms with Gasteiger partial charge in [0.15, 0.2) is 0 Å². The van der Waals surface area contributed by atoms with Gasteiger partial charge >= 0.3 is 0 Å². The van der Waals surface area contributed by atoms with E-state index in [2.05, 4.69) is 24.6 Å². The third-order valence-electron chi connectivity index (χ3n) is 1.36. The molecule has 0 saturated carbocycles. The Labute approximate surface area is 55.2 Å². The highest BCUT2D eigenvalue weighted by atomic mass is 32.1. The molecule has 8 heavy (non-hydrogen) atoms. The van der Waals surface area contributed by atoms with E-state index in [9.17, 15) is 0 Å². The maximum atomic E-state index is 5.13. The molecule has 0 spiro atoms. The maximum Gasteiger partial charge on any atom is 0.0763 e. The summed E-state index contributed by atoms with van der Waals surface area (Å²) in [4.78, 5) is 2.17. The van der Waals surface area contributed by atoms with Crippen LogP contribution in [-0.2, 0) is 4.74 Å². The van der Waals surface area contributed by atoms with Crippen LogP contribution in [0.4, 0.5) is 0 Å². The Bertz CT molecular complexity index is 68.8. The van der Waals surface area contributed by atoms with Gasteiger partial charge in [-0.3, -0.25) is 4.90 Å². The molecule has 3 heteroatoms. The predicted octanol–water partition coefficient (Wildman–Crippen LogP) is 0.204. The van der Waals surface area contributed by atoms with Gasteiger partial charge in [-0.05, 0) is 7.05 Å². The van der Waals surface area contributed by atoms with Crippen LogP contribution in [0.5, 0.6) is 0 Å². The number of hydrogen-bond donors (Lipinski definition) is 1. The second-order valence-corrected chi connectivity index (χ2v) is 2.63. The molecule has 2 nitrogen and oxygen atoms in total. The van der Waals surface area contributed by atoms with Crippen LogP contribution in [-0.4, -0.2) is 37.1 Å². The molecule has 1 fully saturated rings. The lowest BCUT2D eigenvalue weighted by Gasteiger charge is -2.28. The van der Waals surface area contributed by atoms with Crippen molar-refractivity contribution in [2.75, 3.05) is 26.8 Å². The van der Waals surface area contributed by atoms with E-state index < -0.39 is 0 Å². The fourth-order valence-electron chi connectivity index (χ4n) is 0.674. The van der Waals surface area contributed by atoms with Crippen molar-refractivity contribution in [2.45, 2.75) is 5.37 Å². The first-order valence-electron chi connectivity index (χ1n) is 2.77. The monoisotopic (exact) mass is 133 g/mol. The summed E-state index contributed by atoms with van der Waals surface area (Å²) in [7, 11) is 2.06. The fraction of sp³-hybridized carbons (Fsp3) is 1.00. The van der Waals surface area contributed by atoms with E-state index >= 15 is 0 Å². The summed E-state index contributed by atoms with van der Waals surface area (Å²) in [5, 5.41) is 0.309. The zero-order chi connectivity index (χ0) is 5.98. The highest BCUT2D eigenvalue weighted by molar-refractivity contribution is 7.80. The van der Waals surface area contributed by atoms with Gasteiger partial charge in [0.2, 0.25) is 0 Å². The second-order valence-electron chi connectivity index (χ2n) is 2.04. The molecule has 0 aromatic rings. The molecule has 48 valence electrons. The minimum absolute atomic E-state index is 0.309. The molecule has 1 aliphatic rings. The van der Waals surface area contributed by atoms with Crippen LogP contribution in [0.3, 0.4) is 0 Å².